The minimum absolute atomic E-state index is 0.672. The van der Waals surface area contributed by atoms with E-state index in [9.17, 15) is 0 Å². The van der Waals surface area contributed by atoms with Gasteiger partial charge in [-0.05, 0) is 25.7 Å². The Labute approximate surface area is 100 Å². The zero-order chi connectivity index (χ0) is 11.0. The number of ether oxygens (including phenoxy) is 1. The summed E-state index contributed by atoms with van der Waals surface area (Å²) in [7, 11) is 0. The summed E-state index contributed by atoms with van der Waals surface area (Å²) in [5.74, 6) is 0.771. The molecule has 3 nitrogen and oxygen atoms in total. The van der Waals surface area contributed by atoms with Crippen molar-refractivity contribution in [1.29, 1.82) is 0 Å². The van der Waals surface area contributed by atoms with E-state index in [0.717, 1.165) is 32.2 Å². The first-order chi connectivity index (χ1) is 7.84. The van der Waals surface area contributed by atoms with Crippen LogP contribution < -0.4 is 0 Å². The highest BCUT2D eigenvalue weighted by Gasteiger charge is 2.31. The molecule has 1 fully saturated rings. The summed E-state index contributed by atoms with van der Waals surface area (Å²) in [5.41, 5.74) is 3.34. The molecule has 0 bridgehead atoms. The molecule has 0 amide bonds. The van der Waals surface area contributed by atoms with Crippen molar-refractivity contribution in [1.82, 2.24) is 9.88 Å². The first kappa shape index (κ1) is 10.7. The summed E-state index contributed by atoms with van der Waals surface area (Å²) in [4.78, 5) is 8.54. The third-order valence-electron chi connectivity index (χ3n) is 3.93. The highest BCUT2D eigenvalue weighted by atomic mass is 32.1. The lowest BCUT2D eigenvalue weighted by molar-refractivity contribution is 0.00828. The van der Waals surface area contributed by atoms with Crippen molar-refractivity contribution < 1.29 is 4.74 Å². The van der Waals surface area contributed by atoms with E-state index >= 15 is 0 Å². The fraction of sp³-hybridized carbons (Fsp3) is 0.750. The van der Waals surface area contributed by atoms with Crippen molar-refractivity contribution in [2.24, 2.45) is 5.92 Å². The summed E-state index contributed by atoms with van der Waals surface area (Å²) in [6.45, 7) is 6.36. The molecule has 0 radical (unpaired) electrons. The number of hydrogen-bond acceptors (Lipinski definition) is 4. The largest absolute Gasteiger partial charge is 0.379 e. The van der Waals surface area contributed by atoms with E-state index in [2.05, 4.69) is 16.8 Å². The van der Waals surface area contributed by atoms with Crippen LogP contribution in [0.4, 0.5) is 0 Å². The fourth-order valence-electron chi connectivity index (χ4n) is 2.81. The summed E-state index contributed by atoms with van der Waals surface area (Å²) in [5, 5.41) is 0. The van der Waals surface area contributed by atoms with Gasteiger partial charge in [-0.2, -0.15) is 0 Å². The van der Waals surface area contributed by atoms with Crippen molar-refractivity contribution in [2.75, 3.05) is 26.3 Å². The second-order valence-corrected chi connectivity index (χ2v) is 5.72. The molecule has 16 heavy (non-hydrogen) atoms. The van der Waals surface area contributed by atoms with E-state index in [1.807, 2.05) is 16.8 Å². The SMILES string of the molecule is CC(C1Cc2ncsc2C1)N1CCOCC1. The highest BCUT2D eigenvalue weighted by molar-refractivity contribution is 7.09. The number of morpholine rings is 1. The summed E-state index contributed by atoms with van der Waals surface area (Å²) in [6.07, 6.45) is 2.41. The van der Waals surface area contributed by atoms with Crippen LogP contribution in [-0.4, -0.2) is 42.2 Å². The number of aromatic nitrogens is 1. The molecule has 0 N–H and O–H groups in total. The van der Waals surface area contributed by atoms with Gasteiger partial charge in [-0.15, -0.1) is 11.3 Å². The quantitative estimate of drug-likeness (QED) is 0.782. The molecule has 1 saturated heterocycles. The summed E-state index contributed by atoms with van der Waals surface area (Å²) in [6, 6.07) is 0.672. The molecule has 2 aliphatic rings. The van der Waals surface area contributed by atoms with Crippen molar-refractivity contribution in [3.63, 3.8) is 0 Å². The number of fused-ring (bicyclic) bond motifs is 1. The minimum atomic E-state index is 0.672. The van der Waals surface area contributed by atoms with Crippen molar-refractivity contribution in [2.45, 2.75) is 25.8 Å². The topological polar surface area (TPSA) is 25.4 Å². The molecular weight excluding hydrogens is 220 g/mol. The average Bonchev–Trinajstić information content (AvgIpc) is 2.89. The number of rotatable bonds is 2. The van der Waals surface area contributed by atoms with Gasteiger partial charge >= 0.3 is 0 Å². The van der Waals surface area contributed by atoms with Crippen molar-refractivity contribution in [3.05, 3.63) is 16.1 Å². The Morgan fingerprint density at radius 2 is 2.25 bits per heavy atom. The monoisotopic (exact) mass is 238 g/mol. The van der Waals surface area contributed by atoms with Gasteiger partial charge in [0.05, 0.1) is 24.4 Å². The van der Waals surface area contributed by atoms with Crippen LogP contribution in [-0.2, 0) is 17.6 Å². The molecule has 2 atom stereocenters. The van der Waals surface area contributed by atoms with Gasteiger partial charge in [0.1, 0.15) is 0 Å². The summed E-state index contributed by atoms with van der Waals surface area (Å²) >= 11 is 1.83. The highest BCUT2D eigenvalue weighted by Crippen LogP contribution is 2.32. The zero-order valence-corrected chi connectivity index (χ0v) is 10.5. The number of nitrogens with zero attached hydrogens (tertiary/aromatic N) is 2. The van der Waals surface area contributed by atoms with E-state index in [1.165, 1.54) is 23.4 Å². The Morgan fingerprint density at radius 1 is 1.44 bits per heavy atom. The van der Waals surface area contributed by atoms with Crippen molar-refractivity contribution in [3.8, 4) is 0 Å². The van der Waals surface area contributed by atoms with Crippen LogP contribution in [0.15, 0.2) is 5.51 Å². The van der Waals surface area contributed by atoms with Gasteiger partial charge in [0.2, 0.25) is 0 Å². The maximum Gasteiger partial charge on any atom is 0.0797 e. The first-order valence-corrected chi connectivity index (χ1v) is 6.95. The van der Waals surface area contributed by atoms with Crippen LogP contribution in [0.2, 0.25) is 0 Å². The van der Waals surface area contributed by atoms with Crippen LogP contribution in [0.1, 0.15) is 17.5 Å². The molecule has 1 aliphatic carbocycles. The zero-order valence-electron chi connectivity index (χ0n) is 9.69. The molecular formula is C12H18N2OS. The van der Waals surface area contributed by atoms with E-state index in [1.54, 1.807) is 0 Å². The van der Waals surface area contributed by atoms with Crippen LogP contribution >= 0.6 is 11.3 Å². The van der Waals surface area contributed by atoms with E-state index < -0.39 is 0 Å². The molecule has 2 unspecified atom stereocenters. The van der Waals surface area contributed by atoms with Gasteiger partial charge in [0.15, 0.2) is 0 Å². The fourth-order valence-corrected chi connectivity index (χ4v) is 3.70. The molecule has 0 spiro atoms. The lowest BCUT2D eigenvalue weighted by Crippen LogP contribution is -2.45. The predicted molar refractivity (Wildman–Crippen MR) is 64.9 cm³/mol. The summed E-state index contributed by atoms with van der Waals surface area (Å²) < 4.78 is 5.41. The molecule has 1 aromatic heterocycles. The Morgan fingerprint density at radius 3 is 3.00 bits per heavy atom. The smallest absolute Gasteiger partial charge is 0.0797 e. The van der Waals surface area contributed by atoms with Gasteiger partial charge in [-0.1, -0.05) is 0 Å². The third-order valence-corrected chi connectivity index (χ3v) is 4.83. The van der Waals surface area contributed by atoms with E-state index in [-0.39, 0.29) is 0 Å². The second-order valence-electron chi connectivity index (χ2n) is 4.78. The van der Waals surface area contributed by atoms with Crippen molar-refractivity contribution >= 4 is 11.3 Å². The van der Waals surface area contributed by atoms with Gasteiger partial charge in [-0.25, -0.2) is 4.98 Å². The molecule has 3 rings (SSSR count). The minimum Gasteiger partial charge on any atom is -0.379 e. The van der Waals surface area contributed by atoms with Crippen LogP contribution in [0, 0.1) is 5.92 Å². The maximum atomic E-state index is 5.41. The van der Waals surface area contributed by atoms with Gasteiger partial charge < -0.3 is 4.74 Å². The van der Waals surface area contributed by atoms with Crippen LogP contribution in [0.5, 0.6) is 0 Å². The first-order valence-electron chi connectivity index (χ1n) is 6.07. The molecule has 0 aromatic carbocycles. The number of thiazole rings is 1. The van der Waals surface area contributed by atoms with E-state index in [0.29, 0.717) is 6.04 Å². The lowest BCUT2D eigenvalue weighted by Gasteiger charge is -2.35. The normalized spacial score (nSPS) is 27.9. The van der Waals surface area contributed by atoms with Crippen LogP contribution in [0.3, 0.4) is 0 Å². The Kier molecular flexibility index (Phi) is 2.96. The van der Waals surface area contributed by atoms with Gasteiger partial charge in [0.25, 0.3) is 0 Å². The Balaban J connectivity index is 1.64. The molecule has 0 saturated carbocycles. The van der Waals surface area contributed by atoms with Gasteiger partial charge in [-0.3, -0.25) is 4.90 Å². The molecule has 2 heterocycles. The third kappa shape index (κ3) is 1.90. The van der Waals surface area contributed by atoms with Crippen LogP contribution in [0.25, 0.3) is 0 Å². The second kappa shape index (κ2) is 4.43. The molecule has 88 valence electrons. The number of hydrogen-bond donors (Lipinski definition) is 0. The standard InChI is InChI=1S/C12H18N2OS/c1-9(14-2-4-15-5-3-14)10-6-11-12(7-10)16-8-13-11/h8-10H,2-7H2,1H3. The predicted octanol–water partition coefficient (Wildman–Crippen LogP) is 1.58. The Bertz CT molecular complexity index is 339. The molecule has 1 aromatic rings. The lowest BCUT2D eigenvalue weighted by atomic mass is 9.97. The average molecular weight is 238 g/mol. The Hall–Kier alpha value is -0.450. The van der Waals surface area contributed by atoms with Gasteiger partial charge in [0, 0.05) is 24.0 Å². The van der Waals surface area contributed by atoms with E-state index in [4.69, 9.17) is 4.74 Å². The molecule has 1 aliphatic heterocycles. The maximum absolute atomic E-state index is 5.41. The molecule has 4 heteroatoms.